The molecule has 23 heavy (non-hydrogen) atoms. The van der Waals surface area contributed by atoms with Crippen molar-refractivity contribution in [2.45, 2.75) is 26.8 Å². The summed E-state index contributed by atoms with van der Waals surface area (Å²) >= 11 is 2.96. The highest BCUT2D eigenvalue weighted by Crippen LogP contribution is 2.30. The van der Waals surface area contributed by atoms with Crippen LogP contribution in [-0.4, -0.2) is 17.6 Å². The number of amides is 1. The summed E-state index contributed by atoms with van der Waals surface area (Å²) in [6, 6.07) is 7.69. The molecular formula is C17H18N2O2S2. The highest BCUT2D eigenvalue weighted by atomic mass is 32.1. The number of ether oxygens (including phenoxy) is 1. The van der Waals surface area contributed by atoms with Gasteiger partial charge >= 0.3 is 0 Å². The molecule has 0 aliphatic heterocycles. The minimum Gasteiger partial charge on any atom is -0.495 e. The van der Waals surface area contributed by atoms with Crippen LogP contribution in [0.15, 0.2) is 34.6 Å². The largest absolute Gasteiger partial charge is 0.495 e. The number of hydrogen-bond acceptors (Lipinski definition) is 4. The zero-order valence-corrected chi connectivity index (χ0v) is 15.0. The van der Waals surface area contributed by atoms with Gasteiger partial charge in [0.25, 0.3) is 5.91 Å². The quantitative estimate of drug-likeness (QED) is 0.709. The molecule has 0 saturated heterocycles. The van der Waals surface area contributed by atoms with E-state index in [0.717, 1.165) is 33.7 Å². The van der Waals surface area contributed by atoms with Gasteiger partial charge in [-0.05, 0) is 36.4 Å². The molecular weight excluding hydrogens is 328 g/mol. The molecule has 0 bridgehead atoms. The Bertz CT molecular complexity index is 905. The maximum Gasteiger partial charge on any atom is 0.289 e. The van der Waals surface area contributed by atoms with E-state index in [1.165, 1.54) is 16.9 Å². The van der Waals surface area contributed by atoms with Crippen molar-refractivity contribution in [3.8, 4) is 5.75 Å². The van der Waals surface area contributed by atoms with Gasteiger partial charge in [0, 0.05) is 6.54 Å². The van der Waals surface area contributed by atoms with Gasteiger partial charge in [0.1, 0.15) is 11.3 Å². The molecule has 0 N–H and O–H groups in total. The molecule has 0 unspecified atom stereocenters. The standard InChI is InChI=1S/C17H18N2O2S2/c1-4-9-19-14-12(21-3)8-7-11(2)15(14)23-17(19)18-16(20)13-6-5-10-22-13/h5-8,10H,4,9H2,1-3H3. The van der Waals surface area contributed by atoms with Gasteiger partial charge in [0.2, 0.25) is 0 Å². The van der Waals surface area contributed by atoms with E-state index in [1.807, 2.05) is 23.6 Å². The number of carbonyl (C=O) groups excluding carboxylic acids is 1. The van der Waals surface area contributed by atoms with Crippen LogP contribution in [0.1, 0.15) is 28.6 Å². The molecule has 2 aromatic heterocycles. The van der Waals surface area contributed by atoms with Gasteiger partial charge in [0.05, 0.1) is 16.7 Å². The van der Waals surface area contributed by atoms with E-state index in [9.17, 15) is 4.79 Å². The van der Waals surface area contributed by atoms with Crippen molar-refractivity contribution in [3.05, 3.63) is 44.9 Å². The van der Waals surface area contributed by atoms with Crippen LogP contribution in [0.25, 0.3) is 10.2 Å². The Morgan fingerprint density at radius 3 is 2.83 bits per heavy atom. The molecule has 1 amide bonds. The van der Waals surface area contributed by atoms with Crippen LogP contribution in [0, 0.1) is 6.92 Å². The Hall–Kier alpha value is -1.92. The summed E-state index contributed by atoms with van der Waals surface area (Å²) in [7, 11) is 1.67. The third-order valence-electron chi connectivity index (χ3n) is 3.58. The first-order chi connectivity index (χ1) is 11.2. The first kappa shape index (κ1) is 16.0. The van der Waals surface area contributed by atoms with Crippen LogP contribution in [-0.2, 0) is 6.54 Å². The number of benzene rings is 1. The summed E-state index contributed by atoms with van der Waals surface area (Å²) in [5.41, 5.74) is 2.19. The van der Waals surface area contributed by atoms with Gasteiger partial charge in [-0.15, -0.1) is 11.3 Å². The van der Waals surface area contributed by atoms with Crippen molar-refractivity contribution >= 4 is 38.8 Å². The molecule has 0 radical (unpaired) electrons. The lowest BCUT2D eigenvalue weighted by molar-refractivity contribution is 0.100. The number of thiophene rings is 1. The van der Waals surface area contributed by atoms with Crippen LogP contribution in [0.4, 0.5) is 0 Å². The number of rotatable bonds is 4. The molecule has 3 rings (SSSR count). The van der Waals surface area contributed by atoms with Crippen molar-refractivity contribution in [3.63, 3.8) is 0 Å². The third kappa shape index (κ3) is 2.96. The molecule has 2 heterocycles. The van der Waals surface area contributed by atoms with Gasteiger partial charge in [-0.2, -0.15) is 4.99 Å². The van der Waals surface area contributed by atoms with E-state index in [0.29, 0.717) is 4.88 Å². The average molecular weight is 346 g/mol. The van der Waals surface area contributed by atoms with Crippen LogP contribution in [0.3, 0.4) is 0 Å². The van der Waals surface area contributed by atoms with Gasteiger partial charge in [-0.3, -0.25) is 4.79 Å². The number of methoxy groups -OCH3 is 1. The maximum atomic E-state index is 12.4. The van der Waals surface area contributed by atoms with Gasteiger partial charge in [-0.25, -0.2) is 0 Å². The minimum atomic E-state index is -0.187. The van der Waals surface area contributed by atoms with Crippen molar-refractivity contribution in [1.82, 2.24) is 4.57 Å². The number of aromatic nitrogens is 1. The van der Waals surface area contributed by atoms with E-state index < -0.39 is 0 Å². The van der Waals surface area contributed by atoms with E-state index in [2.05, 4.69) is 23.4 Å². The first-order valence-corrected chi connectivity index (χ1v) is 9.14. The second-order valence-electron chi connectivity index (χ2n) is 5.19. The van der Waals surface area contributed by atoms with Gasteiger partial charge in [0.15, 0.2) is 4.80 Å². The molecule has 0 aliphatic rings. The van der Waals surface area contributed by atoms with Crippen LogP contribution < -0.4 is 9.54 Å². The lowest BCUT2D eigenvalue weighted by Crippen LogP contribution is -2.17. The fourth-order valence-electron chi connectivity index (χ4n) is 2.50. The van der Waals surface area contributed by atoms with Crippen LogP contribution in [0.5, 0.6) is 5.75 Å². The number of carbonyl (C=O) groups is 1. The van der Waals surface area contributed by atoms with Crippen molar-refractivity contribution in [2.75, 3.05) is 7.11 Å². The number of hydrogen-bond donors (Lipinski definition) is 0. The molecule has 120 valence electrons. The molecule has 6 heteroatoms. The molecule has 0 saturated carbocycles. The SMILES string of the molecule is CCCn1c(=NC(=O)c2cccs2)sc2c(C)ccc(OC)c21. The van der Waals surface area contributed by atoms with E-state index in [-0.39, 0.29) is 5.91 Å². The minimum absolute atomic E-state index is 0.187. The summed E-state index contributed by atoms with van der Waals surface area (Å²) in [6.07, 6.45) is 0.962. The highest BCUT2D eigenvalue weighted by molar-refractivity contribution is 7.16. The van der Waals surface area contributed by atoms with Crippen molar-refractivity contribution < 1.29 is 9.53 Å². The zero-order chi connectivity index (χ0) is 16.4. The average Bonchev–Trinajstić information content (AvgIpc) is 3.18. The predicted octanol–water partition coefficient (Wildman–Crippen LogP) is 4.23. The lowest BCUT2D eigenvalue weighted by Gasteiger charge is -2.08. The zero-order valence-electron chi connectivity index (χ0n) is 13.3. The predicted molar refractivity (Wildman–Crippen MR) is 95.6 cm³/mol. The lowest BCUT2D eigenvalue weighted by atomic mass is 10.2. The summed E-state index contributed by atoms with van der Waals surface area (Å²) < 4.78 is 8.74. The Balaban J connectivity index is 2.26. The van der Waals surface area contributed by atoms with E-state index >= 15 is 0 Å². The summed E-state index contributed by atoms with van der Waals surface area (Å²) in [6.45, 7) is 4.99. The second kappa shape index (κ2) is 6.68. The molecule has 0 atom stereocenters. The van der Waals surface area contributed by atoms with Gasteiger partial charge < -0.3 is 9.30 Å². The molecule has 0 aliphatic carbocycles. The number of nitrogens with zero attached hydrogens (tertiary/aromatic N) is 2. The molecule has 1 aromatic carbocycles. The summed E-state index contributed by atoms with van der Waals surface area (Å²) in [5.74, 6) is 0.633. The number of fused-ring (bicyclic) bond motifs is 1. The Morgan fingerprint density at radius 2 is 2.17 bits per heavy atom. The van der Waals surface area contributed by atoms with Crippen LogP contribution in [0.2, 0.25) is 0 Å². The van der Waals surface area contributed by atoms with Crippen LogP contribution >= 0.6 is 22.7 Å². The highest BCUT2D eigenvalue weighted by Gasteiger charge is 2.14. The number of thiazole rings is 1. The molecule has 3 aromatic rings. The Labute approximate surface area is 142 Å². The fraction of sp³-hybridized carbons (Fsp3) is 0.294. The summed E-state index contributed by atoms with van der Waals surface area (Å²) in [5, 5.41) is 1.89. The molecule has 0 fully saturated rings. The van der Waals surface area contributed by atoms with E-state index in [4.69, 9.17) is 4.74 Å². The normalized spacial score (nSPS) is 12.0. The number of aryl methyl sites for hydroxylation is 2. The Morgan fingerprint density at radius 1 is 1.35 bits per heavy atom. The summed E-state index contributed by atoms with van der Waals surface area (Å²) in [4.78, 5) is 18.1. The van der Waals surface area contributed by atoms with Crippen molar-refractivity contribution in [1.29, 1.82) is 0 Å². The topological polar surface area (TPSA) is 43.6 Å². The van der Waals surface area contributed by atoms with Crippen molar-refractivity contribution in [2.24, 2.45) is 4.99 Å². The maximum absolute atomic E-state index is 12.4. The molecule has 0 spiro atoms. The second-order valence-corrected chi connectivity index (χ2v) is 7.12. The smallest absolute Gasteiger partial charge is 0.289 e. The first-order valence-electron chi connectivity index (χ1n) is 7.45. The Kier molecular flexibility index (Phi) is 4.63. The monoisotopic (exact) mass is 346 g/mol. The van der Waals surface area contributed by atoms with E-state index in [1.54, 1.807) is 24.5 Å². The fourth-order valence-corrected chi connectivity index (χ4v) is 4.25. The molecule has 4 nitrogen and oxygen atoms in total. The van der Waals surface area contributed by atoms with Gasteiger partial charge in [-0.1, -0.05) is 30.4 Å². The third-order valence-corrected chi connectivity index (χ3v) is 5.65.